The molecule has 0 bridgehead atoms. The summed E-state index contributed by atoms with van der Waals surface area (Å²) in [5.74, 6) is -0.318. The van der Waals surface area contributed by atoms with Gasteiger partial charge < -0.3 is 10.6 Å². The molecule has 0 amide bonds. The van der Waals surface area contributed by atoms with Gasteiger partial charge in [-0.05, 0) is 25.0 Å². The second-order valence-corrected chi connectivity index (χ2v) is 5.19. The van der Waals surface area contributed by atoms with Crippen LogP contribution in [0.1, 0.15) is 37.7 Å². The number of nitrogens with two attached hydrogens (primary N) is 1. The summed E-state index contributed by atoms with van der Waals surface area (Å²) in [5.41, 5.74) is 6.90. The highest BCUT2D eigenvalue weighted by molar-refractivity contribution is 7.80. The second kappa shape index (κ2) is 6.14. The van der Waals surface area contributed by atoms with Crippen LogP contribution < -0.4 is 10.6 Å². The van der Waals surface area contributed by atoms with Gasteiger partial charge in [0.05, 0.1) is 5.56 Å². The van der Waals surface area contributed by atoms with E-state index in [2.05, 4.69) is 4.90 Å². The number of hydrogen-bond acceptors (Lipinski definition) is 2. The first-order valence-electron chi connectivity index (χ1n) is 6.53. The maximum Gasteiger partial charge on any atom is 0.135 e. The molecule has 0 aliphatic carbocycles. The van der Waals surface area contributed by atoms with Crippen LogP contribution in [-0.4, -0.2) is 18.1 Å². The minimum absolute atomic E-state index is 0.144. The lowest BCUT2D eigenvalue weighted by atomic mass is 10.1. The van der Waals surface area contributed by atoms with Gasteiger partial charge in [-0.25, -0.2) is 4.39 Å². The summed E-state index contributed by atoms with van der Waals surface area (Å²) in [6.45, 7) is 1.91. The molecule has 1 aromatic rings. The quantitative estimate of drug-likeness (QED) is 0.833. The molecular weight excluding hydrogens is 247 g/mol. The number of hydrogen-bond donors (Lipinski definition) is 1. The summed E-state index contributed by atoms with van der Waals surface area (Å²) in [4.78, 5) is 2.36. The van der Waals surface area contributed by atoms with Gasteiger partial charge in [-0.1, -0.05) is 37.5 Å². The highest BCUT2D eigenvalue weighted by atomic mass is 32.1. The van der Waals surface area contributed by atoms with Crippen molar-refractivity contribution in [2.45, 2.75) is 32.1 Å². The maximum atomic E-state index is 13.8. The van der Waals surface area contributed by atoms with Crippen molar-refractivity contribution in [3.8, 4) is 0 Å². The molecule has 0 unspecified atom stereocenters. The average molecular weight is 266 g/mol. The second-order valence-electron chi connectivity index (χ2n) is 4.75. The summed E-state index contributed by atoms with van der Waals surface area (Å²) in [6, 6.07) is 5.06. The van der Waals surface area contributed by atoms with Gasteiger partial charge in [0.1, 0.15) is 10.8 Å². The third kappa shape index (κ3) is 2.99. The van der Waals surface area contributed by atoms with Gasteiger partial charge in [0.2, 0.25) is 0 Å². The summed E-state index contributed by atoms with van der Waals surface area (Å²) in [6.07, 6.45) is 6.09. The van der Waals surface area contributed by atoms with Crippen molar-refractivity contribution in [1.29, 1.82) is 0 Å². The third-order valence-electron chi connectivity index (χ3n) is 3.43. The molecule has 18 heavy (non-hydrogen) atoms. The van der Waals surface area contributed by atoms with Gasteiger partial charge in [-0.2, -0.15) is 0 Å². The number of benzene rings is 1. The van der Waals surface area contributed by atoms with Crippen molar-refractivity contribution in [1.82, 2.24) is 0 Å². The van der Waals surface area contributed by atoms with E-state index in [-0.39, 0.29) is 10.8 Å². The Balaban J connectivity index is 2.30. The van der Waals surface area contributed by atoms with Gasteiger partial charge in [-0.15, -0.1) is 0 Å². The molecular formula is C14H19FN2S. The van der Waals surface area contributed by atoms with Crippen LogP contribution in [0.4, 0.5) is 10.1 Å². The first-order valence-corrected chi connectivity index (χ1v) is 6.94. The third-order valence-corrected chi connectivity index (χ3v) is 3.64. The van der Waals surface area contributed by atoms with Crippen molar-refractivity contribution in [2.75, 3.05) is 18.0 Å². The summed E-state index contributed by atoms with van der Waals surface area (Å²) >= 11 is 4.98. The van der Waals surface area contributed by atoms with E-state index in [1.54, 1.807) is 6.07 Å². The number of nitrogens with zero attached hydrogens (tertiary/aromatic N) is 1. The summed E-state index contributed by atoms with van der Waals surface area (Å²) < 4.78 is 13.8. The lowest BCUT2D eigenvalue weighted by molar-refractivity contribution is 0.554. The SMILES string of the molecule is NC(=S)c1c(F)cccc1N1CCCCCCC1. The Morgan fingerprint density at radius 2 is 1.72 bits per heavy atom. The first kappa shape index (κ1) is 13.3. The Bertz CT molecular complexity index is 426. The molecule has 0 atom stereocenters. The average Bonchev–Trinajstić information content (AvgIpc) is 2.27. The van der Waals surface area contributed by atoms with Crippen LogP contribution >= 0.6 is 12.2 Å². The molecule has 2 rings (SSSR count). The van der Waals surface area contributed by atoms with E-state index in [9.17, 15) is 4.39 Å². The van der Waals surface area contributed by atoms with E-state index in [0.717, 1.165) is 31.6 Å². The van der Waals surface area contributed by atoms with Crippen LogP contribution in [0.25, 0.3) is 0 Å². The van der Waals surface area contributed by atoms with E-state index in [0.29, 0.717) is 5.56 Å². The summed E-state index contributed by atoms with van der Waals surface area (Å²) in [5, 5.41) is 0. The minimum Gasteiger partial charge on any atom is -0.389 e. The zero-order chi connectivity index (χ0) is 13.0. The van der Waals surface area contributed by atoms with Crippen LogP contribution in [-0.2, 0) is 0 Å². The van der Waals surface area contributed by atoms with Crippen LogP contribution in [0, 0.1) is 5.82 Å². The smallest absolute Gasteiger partial charge is 0.135 e. The van der Waals surface area contributed by atoms with Crippen LogP contribution in [0.2, 0.25) is 0 Å². The fourth-order valence-electron chi connectivity index (χ4n) is 2.51. The first-order chi connectivity index (χ1) is 8.70. The minimum atomic E-state index is -0.318. The molecule has 1 aliphatic heterocycles. The topological polar surface area (TPSA) is 29.3 Å². The molecule has 1 aromatic carbocycles. The molecule has 2 N–H and O–H groups in total. The fourth-order valence-corrected chi connectivity index (χ4v) is 2.71. The fraction of sp³-hybridized carbons (Fsp3) is 0.500. The molecule has 1 heterocycles. The largest absolute Gasteiger partial charge is 0.389 e. The molecule has 1 saturated heterocycles. The van der Waals surface area contributed by atoms with Crippen molar-refractivity contribution in [3.05, 3.63) is 29.6 Å². The van der Waals surface area contributed by atoms with Crippen molar-refractivity contribution >= 4 is 22.9 Å². The van der Waals surface area contributed by atoms with Crippen LogP contribution in [0.3, 0.4) is 0 Å². The van der Waals surface area contributed by atoms with Gasteiger partial charge in [0.15, 0.2) is 0 Å². The van der Waals surface area contributed by atoms with Crippen LogP contribution in [0.5, 0.6) is 0 Å². The number of halogens is 1. The number of thiocarbonyl (C=S) groups is 1. The Morgan fingerprint density at radius 1 is 1.11 bits per heavy atom. The van der Waals surface area contributed by atoms with E-state index in [1.807, 2.05) is 6.07 Å². The predicted octanol–water partition coefficient (Wildman–Crippen LogP) is 3.23. The lowest BCUT2D eigenvalue weighted by Gasteiger charge is -2.28. The van der Waals surface area contributed by atoms with Gasteiger partial charge in [-0.3, -0.25) is 0 Å². The molecule has 0 aromatic heterocycles. The Hall–Kier alpha value is -1.16. The predicted molar refractivity (Wildman–Crippen MR) is 77.6 cm³/mol. The molecule has 0 saturated carbocycles. The monoisotopic (exact) mass is 266 g/mol. The van der Waals surface area contributed by atoms with Crippen molar-refractivity contribution < 1.29 is 4.39 Å². The van der Waals surface area contributed by atoms with E-state index in [4.69, 9.17) is 18.0 Å². The zero-order valence-corrected chi connectivity index (χ0v) is 11.3. The highest BCUT2D eigenvalue weighted by Gasteiger charge is 2.17. The molecule has 2 nitrogen and oxygen atoms in total. The van der Waals surface area contributed by atoms with Gasteiger partial charge in [0.25, 0.3) is 0 Å². The molecule has 1 aliphatic rings. The van der Waals surface area contributed by atoms with E-state index < -0.39 is 0 Å². The van der Waals surface area contributed by atoms with Gasteiger partial charge in [0, 0.05) is 18.8 Å². The maximum absolute atomic E-state index is 13.8. The Labute approximate surface area is 113 Å². The van der Waals surface area contributed by atoms with Crippen molar-refractivity contribution in [3.63, 3.8) is 0 Å². The molecule has 98 valence electrons. The standard InChI is InChI=1S/C14H19FN2S/c15-11-7-6-8-12(13(11)14(16)18)17-9-4-2-1-3-5-10-17/h6-8H,1-5,9-10H2,(H2,16,18). The van der Waals surface area contributed by atoms with Crippen molar-refractivity contribution in [2.24, 2.45) is 5.73 Å². The van der Waals surface area contributed by atoms with E-state index >= 15 is 0 Å². The van der Waals surface area contributed by atoms with Crippen LogP contribution in [0.15, 0.2) is 18.2 Å². The summed E-state index contributed by atoms with van der Waals surface area (Å²) in [7, 11) is 0. The Kier molecular flexibility index (Phi) is 4.53. The number of rotatable bonds is 2. The normalized spacial score (nSPS) is 17.1. The highest BCUT2D eigenvalue weighted by Crippen LogP contribution is 2.25. The number of anilines is 1. The van der Waals surface area contributed by atoms with Gasteiger partial charge >= 0.3 is 0 Å². The van der Waals surface area contributed by atoms with E-state index in [1.165, 1.54) is 25.3 Å². The molecule has 0 radical (unpaired) electrons. The molecule has 4 heteroatoms. The lowest BCUT2D eigenvalue weighted by Crippen LogP contribution is -2.30. The Morgan fingerprint density at radius 3 is 2.33 bits per heavy atom. The zero-order valence-electron chi connectivity index (χ0n) is 10.5. The molecule has 1 fully saturated rings. The molecule has 0 spiro atoms.